The topological polar surface area (TPSA) is 57.8 Å². The number of carbonyl (C=O) groups is 1. The highest BCUT2D eigenvalue weighted by Crippen LogP contribution is 2.24. The molecule has 0 saturated heterocycles. The quantitative estimate of drug-likeness (QED) is 0.685. The fraction of sp³-hybridized carbons (Fsp3) is 0.125. The summed E-state index contributed by atoms with van der Waals surface area (Å²) in [5.41, 5.74) is 4.62. The van der Waals surface area contributed by atoms with Crippen LogP contribution in [0.15, 0.2) is 41.1 Å². The van der Waals surface area contributed by atoms with Crippen LogP contribution < -0.4 is 5.32 Å². The van der Waals surface area contributed by atoms with E-state index in [1.165, 1.54) is 5.56 Å². The van der Waals surface area contributed by atoms with E-state index < -0.39 is 0 Å². The van der Waals surface area contributed by atoms with Crippen LogP contribution in [0.2, 0.25) is 0 Å². The van der Waals surface area contributed by atoms with Gasteiger partial charge in [0.2, 0.25) is 0 Å². The van der Waals surface area contributed by atoms with Gasteiger partial charge in [-0.15, -0.1) is 0 Å². The Morgan fingerprint density at radius 3 is 2.86 bits per heavy atom. The first-order chi connectivity index (χ1) is 10.1. The Morgan fingerprint density at radius 1 is 1.29 bits per heavy atom. The number of hydrogen-bond acceptors (Lipinski definition) is 2. The van der Waals surface area contributed by atoms with Crippen LogP contribution in [0.5, 0.6) is 0 Å². The molecule has 2 heterocycles. The van der Waals surface area contributed by atoms with Gasteiger partial charge in [0.1, 0.15) is 4.60 Å². The summed E-state index contributed by atoms with van der Waals surface area (Å²) in [6.45, 7) is 4.08. The van der Waals surface area contributed by atoms with Gasteiger partial charge in [0.25, 0.3) is 5.91 Å². The highest BCUT2D eigenvalue weighted by atomic mass is 79.9. The summed E-state index contributed by atoms with van der Waals surface area (Å²) < 4.78 is 0.619. The zero-order valence-corrected chi connectivity index (χ0v) is 13.3. The summed E-state index contributed by atoms with van der Waals surface area (Å²) in [6.07, 6.45) is 1.66. The second-order valence-corrected chi connectivity index (χ2v) is 5.68. The molecule has 2 aromatic heterocycles. The van der Waals surface area contributed by atoms with Crippen molar-refractivity contribution < 1.29 is 4.79 Å². The number of benzene rings is 1. The van der Waals surface area contributed by atoms with Crippen LogP contribution in [-0.2, 0) is 0 Å². The number of nitrogens with one attached hydrogen (secondary N) is 2. The van der Waals surface area contributed by atoms with Gasteiger partial charge in [-0.3, -0.25) is 4.79 Å². The van der Waals surface area contributed by atoms with Gasteiger partial charge in [-0.05, 0) is 65.7 Å². The Kier molecular flexibility index (Phi) is 3.51. The highest BCUT2D eigenvalue weighted by molar-refractivity contribution is 9.10. The number of aromatic amines is 1. The van der Waals surface area contributed by atoms with Crippen LogP contribution in [0.25, 0.3) is 10.9 Å². The van der Waals surface area contributed by atoms with Gasteiger partial charge in [0, 0.05) is 28.4 Å². The third-order valence-corrected chi connectivity index (χ3v) is 4.21. The van der Waals surface area contributed by atoms with E-state index in [2.05, 4.69) is 31.2 Å². The molecule has 5 heteroatoms. The van der Waals surface area contributed by atoms with E-state index in [0.29, 0.717) is 15.9 Å². The largest absolute Gasteiger partial charge is 0.358 e. The lowest BCUT2D eigenvalue weighted by atomic mass is 10.1. The number of nitrogens with zero attached hydrogens (tertiary/aromatic N) is 1. The smallest absolute Gasteiger partial charge is 0.255 e. The van der Waals surface area contributed by atoms with E-state index in [0.717, 1.165) is 16.6 Å². The van der Waals surface area contributed by atoms with Crippen LogP contribution in [0, 0.1) is 13.8 Å². The van der Waals surface area contributed by atoms with E-state index in [9.17, 15) is 4.79 Å². The Labute approximate surface area is 130 Å². The van der Waals surface area contributed by atoms with Crippen molar-refractivity contribution in [3.8, 4) is 0 Å². The van der Waals surface area contributed by atoms with Gasteiger partial charge in [-0.25, -0.2) is 4.98 Å². The molecule has 1 amide bonds. The van der Waals surface area contributed by atoms with Crippen molar-refractivity contribution in [2.24, 2.45) is 0 Å². The number of halogens is 1. The first-order valence-electron chi connectivity index (χ1n) is 6.57. The number of pyridine rings is 1. The molecule has 21 heavy (non-hydrogen) atoms. The van der Waals surface area contributed by atoms with Gasteiger partial charge >= 0.3 is 0 Å². The van der Waals surface area contributed by atoms with Crippen molar-refractivity contribution in [1.29, 1.82) is 0 Å². The lowest BCUT2D eigenvalue weighted by molar-refractivity contribution is 0.102. The standard InChI is InChI=1S/C16H14BrN3O/c1-9-10(2)19-13-6-5-11(8-12(9)13)16(21)20-14-4-3-7-18-15(14)17/h3-8,19H,1-2H3,(H,20,21). The molecule has 0 unspecified atom stereocenters. The number of aryl methyl sites for hydroxylation is 2. The Morgan fingerprint density at radius 2 is 2.10 bits per heavy atom. The third-order valence-electron chi connectivity index (χ3n) is 3.58. The van der Waals surface area contributed by atoms with E-state index >= 15 is 0 Å². The first-order valence-corrected chi connectivity index (χ1v) is 7.36. The molecule has 0 radical (unpaired) electrons. The summed E-state index contributed by atoms with van der Waals surface area (Å²) >= 11 is 3.32. The van der Waals surface area contributed by atoms with Gasteiger partial charge in [-0.2, -0.15) is 0 Å². The summed E-state index contributed by atoms with van der Waals surface area (Å²) in [4.78, 5) is 19.8. The lowest BCUT2D eigenvalue weighted by Crippen LogP contribution is -2.12. The van der Waals surface area contributed by atoms with Crippen molar-refractivity contribution in [2.75, 3.05) is 5.32 Å². The van der Waals surface area contributed by atoms with Crippen LogP contribution in [0.3, 0.4) is 0 Å². The minimum atomic E-state index is -0.149. The monoisotopic (exact) mass is 343 g/mol. The molecule has 2 N–H and O–H groups in total. The molecule has 0 atom stereocenters. The molecule has 0 fully saturated rings. The second kappa shape index (κ2) is 5.33. The number of rotatable bonds is 2. The minimum Gasteiger partial charge on any atom is -0.358 e. The Balaban J connectivity index is 1.95. The van der Waals surface area contributed by atoms with Crippen molar-refractivity contribution in [3.05, 3.63) is 58.0 Å². The van der Waals surface area contributed by atoms with E-state index in [1.807, 2.05) is 32.0 Å². The van der Waals surface area contributed by atoms with Gasteiger partial charge in [0.15, 0.2) is 0 Å². The molecular formula is C16H14BrN3O. The normalized spacial score (nSPS) is 10.8. The maximum absolute atomic E-state index is 12.4. The molecule has 0 bridgehead atoms. The summed E-state index contributed by atoms with van der Waals surface area (Å²) in [6, 6.07) is 9.25. The number of fused-ring (bicyclic) bond motifs is 1. The molecule has 4 nitrogen and oxygen atoms in total. The molecule has 0 aliphatic carbocycles. The number of aromatic nitrogens is 2. The maximum Gasteiger partial charge on any atom is 0.255 e. The maximum atomic E-state index is 12.4. The molecule has 106 valence electrons. The van der Waals surface area contributed by atoms with E-state index in [-0.39, 0.29) is 5.91 Å². The fourth-order valence-electron chi connectivity index (χ4n) is 2.28. The highest BCUT2D eigenvalue weighted by Gasteiger charge is 2.11. The molecule has 3 aromatic rings. The molecule has 0 saturated carbocycles. The van der Waals surface area contributed by atoms with Crippen LogP contribution in [-0.4, -0.2) is 15.9 Å². The lowest BCUT2D eigenvalue weighted by Gasteiger charge is -2.06. The predicted octanol–water partition coefficient (Wildman–Crippen LogP) is 4.19. The third kappa shape index (κ3) is 2.56. The average molecular weight is 344 g/mol. The van der Waals surface area contributed by atoms with Crippen LogP contribution >= 0.6 is 15.9 Å². The van der Waals surface area contributed by atoms with E-state index in [4.69, 9.17) is 0 Å². The zero-order valence-electron chi connectivity index (χ0n) is 11.7. The summed E-state index contributed by atoms with van der Waals surface area (Å²) in [5.74, 6) is -0.149. The molecule has 0 aliphatic rings. The molecule has 0 aliphatic heterocycles. The molecule has 1 aromatic carbocycles. The van der Waals surface area contributed by atoms with Gasteiger partial charge in [-0.1, -0.05) is 0 Å². The fourth-order valence-corrected chi connectivity index (χ4v) is 2.63. The minimum absolute atomic E-state index is 0.149. The van der Waals surface area contributed by atoms with Crippen molar-refractivity contribution in [2.45, 2.75) is 13.8 Å². The van der Waals surface area contributed by atoms with Crippen molar-refractivity contribution in [1.82, 2.24) is 9.97 Å². The van der Waals surface area contributed by atoms with Gasteiger partial charge in [0.05, 0.1) is 5.69 Å². The SMILES string of the molecule is Cc1[nH]c2ccc(C(=O)Nc3cccnc3Br)cc2c1C. The Hall–Kier alpha value is -2.14. The number of carbonyl (C=O) groups excluding carboxylic acids is 1. The predicted molar refractivity (Wildman–Crippen MR) is 87.7 cm³/mol. The number of anilines is 1. The number of H-pyrrole nitrogens is 1. The van der Waals surface area contributed by atoms with Crippen LogP contribution in [0.4, 0.5) is 5.69 Å². The summed E-state index contributed by atoms with van der Waals surface area (Å²) in [5, 5.41) is 3.93. The molecule has 0 spiro atoms. The second-order valence-electron chi connectivity index (χ2n) is 4.93. The average Bonchev–Trinajstić information content (AvgIpc) is 2.76. The zero-order chi connectivity index (χ0) is 15.0. The first kappa shape index (κ1) is 13.8. The number of amides is 1. The Bertz CT molecular complexity index is 839. The number of hydrogen-bond donors (Lipinski definition) is 2. The van der Waals surface area contributed by atoms with Crippen LogP contribution in [0.1, 0.15) is 21.6 Å². The van der Waals surface area contributed by atoms with E-state index in [1.54, 1.807) is 18.3 Å². The van der Waals surface area contributed by atoms with Crippen molar-refractivity contribution >= 4 is 38.4 Å². The molecular weight excluding hydrogens is 330 g/mol. The van der Waals surface area contributed by atoms with Crippen molar-refractivity contribution in [3.63, 3.8) is 0 Å². The molecule has 3 rings (SSSR count). The van der Waals surface area contributed by atoms with Gasteiger partial charge < -0.3 is 10.3 Å². The summed E-state index contributed by atoms with van der Waals surface area (Å²) in [7, 11) is 0.